The van der Waals surface area contributed by atoms with Gasteiger partial charge in [0.2, 0.25) is 5.91 Å². The number of carbonyl (C=O) groups is 2. The molecule has 0 bridgehead atoms. The summed E-state index contributed by atoms with van der Waals surface area (Å²) in [7, 11) is 1.48. The highest BCUT2D eigenvalue weighted by molar-refractivity contribution is 5.88. The first-order chi connectivity index (χ1) is 10.3. The lowest BCUT2D eigenvalue weighted by molar-refractivity contribution is -0.137. The molecule has 1 rings (SSSR count). The molecular weight excluding hydrogens is 285 g/mol. The minimum absolute atomic E-state index is 0.0121. The van der Waals surface area contributed by atoms with Crippen molar-refractivity contribution in [3.63, 3.8) is 0 Å². The van der Waals surface area contributed by atoms with E-state index in [1.807, 2.05) is 27.7 Å². The molecule has 0 saturated carbocycles. The molecule has 1 unspecified atom stereocenters. The van der Waals surface area contributed by atoms with Gasteiger partial charge in [0.15, 0.2) is 0 Å². The number of halogens is 1. The number of hydrogen-bond acceptors (Lipinski definition) is 2. The lowest BCUT2D eigenvalue weighted by Crippen LogP contribution is -2.50. The number of hydrogen-bond donors (Lipinski definition) is 2. The van der Waals surface area contributed by atoms with E-state index in [2.05, 4.69) is 10.6 Å². The maximum absolute atomic E-state index is 13.1. The Morgan fingerprint density at radius 1 is 1.05 bits per heavy atom. The predicted octanol–water partition coefficient (Wildman–Crippen LogP) is 2.44. The highest BCUT2D eigenvalue weighted by atomic mass is 19.1. The number of benzene rings is 1. The number of carbonyl (C=O) groups excluding carboxylic acids is 2. The molecule has 0 aromatic heterocycles. The van der Waals surface area contributed by atoms with Crippen LogP contribution in [0.5, 0.6) is 0 Å². The van der Waals surface area contributed by atoms with E-state index in [1.165, 1.54) is 31.3 Å². The van der Waals surface area contributed by atoms with Crippen molar-refractivity contribution in [1.82, 2.24) is 15.5 Å². The van der Waals surface area contributed by atoms with Gasteiger partial charge < -0.3 is 15.5 Å². The number of urea groups is 1. The summed E-state index contributed by atoms with van der Waals surface area (Å²) in [6.45, 7) is 7.66. The average Bonchev–Trinajstić information content (AvgIpc) is 2.44. The minimum atomic E-state index is -0.856. The Kier molecular flexibility index (Phi) is 6.34. The highest BCUT2D eigenvalue weighted by Gasteiger charge is 2.30. The van der Waals surface area contributed by atoms with Crippen LogP contribution in [0.3, 0.4) is 0 Å². The van der Waals surface area contributed by atoms with Crippen LogP contribution in [0.15, 0.2) is 24.3 Å². The van der Waals surface area contributed by atoms with E-state index in [4.69, 9.17) is 0 Å². The number of rotatable bonds is 5. The molecule has 0 saturated heterocycles. The summed E-state index contributed by atoms with van der Waals surface area (Å²) in [6, 6.07) is 4.22. The van der Waals surface area contributed by atoms with Gasteiger partial charge in [-0.2, -0.15) is 0 Å². The largest absolute Gasteiger partial charge is 0.341 e. The van der Waals surface area contributed by atoms with Crippen molar-refractivity contribution in [2.24, 2.45) is 0 Å². The fourth-order valence-corrected chi connectivity index (χ4v) is 2.40. The Morgan fingerprint density at radius 3 is 1.95 bits per heavy atom. The maximum Gasteiger partial charge on any atom is 0.315 e. The normalized spacial score (nSPS) is 12.2. The summed E-state index contributed by atoms with van der Waals surface area (Å²) in [6.07, 6.45) is 0. The molecule has 1 atom stereocenters. The Bertz CT molecular complexity index is 507. The zero-order valence-electron chi connectivity index (χ0n) is 13.7. The van der Waals surface area contributed by atoms with E-state index in [9.17, 15) is 14.0 Å². The molecule has 0 spiro atoms. The third-order valence-electron chi connectivity index (χ3n) is 3.32. The van der Waals surface area contributed by atoms with Gasteiger partial charge in [0, 0.05) is 19.1 Å². The number of nitrogens with zero attached hydrogens (tertiary/aromatic N) is 1. The van der Waals surface area contributed by atoms with Gasteiger partial charge in [-0.1, -0.05) is 12.1 Å². The van der Waals surface area contributed by atoms with Gasteiger partial charge in [0.1, 0.15) is 11.9 Å². The molecule has 2 N–H and O–H groups in total. The summed E-state index contributed by atoms with van der Waals surface area (Å²) in [5.74, 6) is -0.611. The molecule has 5 nitrogen and oxygen atoms in total. The van der Waals surface area contributed by atoms with Crippen molar-refractivity contribution < 1.29 is 14.0 Å². The molecule has 0 aliphatic heterocycles. The lowest BCUT2D eigenvalue weighted by atomic mass is 10.0. The van der Waals surface area contributed by atoms with Crippen LogP contribution in [0, 0.1) is 5.82 Å². The number of amides is 3. The van der Waals surface area contributed by atoms with Crippen LogP contribution in [0.4, 0.5) is 9.18 Å². The standard InChI is InChI=1S/C16H24FN3O2/c1-10(2)20(11(3)4)15(21)14(19-16(22)18-5)12-6-8-13(17)9-7-12/h6-11,14H,1-5H3,(H2,18,19,22). The van der Waals surface area contributed by atoms with E-state index >= 15 is 0 Å². The van der Waals surface area contributed by atoms with Crippen molar-refractivity contribution in [2.75, 3.05) is 7.05 Å². The first-order valence-corrected chi connectivity index (χ1v) is 7.33. The van der Waals surface area contributed by atoms with E-state index in [1.54, 1.807) is 4.90 Å². The lowest BCUT2D eigenvalue weighted by Gasteiger charge is -2.34. The molecule has 0 heterocycles. The topological polar surface area (TPSA) is 61.4 Å². The summed E-state index contributed by atoms with van der Waals surface area (Å²) < 4.78 is 13.1. The van der Waals surface area contributed by atoms with Crippen LogP contribution in [0.1, 0.15) is 39.3 Å². The second-order valence-corrected chi connectivity index (χ2v) is 5.64. The quantitative estimate of drug-likeness (QED) is 0.877. The van der Waals surface area contributed by atoms with Crippen LogP contribution in [0.25, 0.3) is 0 Å². The highest BCUT2D eigenvalue weighted by Crippen LogP contribution is 2.20. The molecule has 0 radical (unpaired) electrons. The van der Waals surface area contributed by atoms with Crippen molar-refractivity contribution in [3.8, 4) is 0 Å². The zero-order chi connectivity index (χ0) is 16.9. The maximum atomic E-state index is 13.1. The van der Waals surface area contributed by atoms with Crippen LogP contribution in [-0.4, -0.2) is 36.0 Å². The third-order valence-corrected chi connectivity index (χ3v) is 3.32. The van der Waals surface area contributed by atoms with E-state index in [-0.39, 0.29) is 23.8 Å². The minimum Gasteiger partial charge on any atom is -0.341 e. The fourth-order valence-electron chi connectivity index (χ4n) is 2.40. The monoisotopic (exact) mass is 309 g/mol. The Morgan fingerprint density at radius 2 is 1.55 bits per heavy atom. The SMILES string of the molecule is CNC(=O)NC(C(=O)N(C(C)C)C(C)C)c1ccc(F)cc1. The van der Waals surface area contributed by atoms with Crippen LogP contribution < -0.4 is 10.6 Å². The zero-order valence-corrected chi connectivity index (χ0v) is 13.7. The van der Waals surface area contributed by atoms with Crippen molar-refractivity contribution >= 4 is 11.9 Å². The Hall–Kier alpha value is -2.11. The van der Waals surface area contributed by atoms with Crippen molar-refractivity contribution in [1.29, 1.82) is 0 Å². The van der Waals surface area contributed by atoms with Crippen LogP contribution >= 0.6 is 0 Å². The van der Waals surface area contributed by atoms with Crippen LogP contribution in [-0.2, 0) is 4.79 Å². The predicted molar refractivity (Wildman–Crippen MR) is 83.9 cm³/mol. The van der Waals surface area contributed by atoms with Gasteiger partial charge in [0.25, 0.3) is 0 Å². The van der Waals surface area contributed by atoms with Gasteiger partial charge in [-0.15, -0.1) is 0 Å². The second-order valence-electron chi connectivity index (χ2n) is 5.64. The van der Waals surface area contributed by atoms with E-state index in [0.29, 0.717) is 5.56 Å². The summed E-state index contributed by atoms with van der Waals surface area (Å²) in [5, 5.41) is 5.06. The molecule has 1 aromatic rings. The number of nitrogens with one attached hydrogen (secondary N) is 2. The van der Waals surface area contributed by atoms with Gasteiger partial charge >= 0.3 is 6.03 Å². The molecule has 6 heteroatoms. The summed E-state index contributed by atoms with van der Waals surface area (Å²) in [4.78, 5) is 26.2. The molecular formula is C16H24FN3O2. The smallest absolute Gasteiger partial charge is 0.315 e. The molecule has 22 heavy (non-hydrogen) atoms. The molecule has 122 valence electrons. The van der Waals surface area contributed by atoms with Crippen molar-refractivity contribution in [3.05, 3.63) is 35.6 Å². The van der Waals surface area contributed by atoms with Gasteiger partial charge in [-0.3, -0.25) is 4.79 Å². The molecule has 0 aliphatic rings. The molecule has 3 amide bonds. The summed E-state index contributed by atoms with van der Waals surface area (Å²) >= 11 is 0. The molecule has 0 fully saturated rings. The van der Waals surface area contributed by atoms with Gasteiger partial charge in [-0.05, 0) is 45.4 Å². The second kappa shape index (κ2) is 7.77. The van der Waals surface area contributed by atoms with Crippen LogP contribution in [0.2, 0.25) is 0 Å². The van der Waals surface area contributed by atoms with Gasteiger partial charge in [0.05, 0.1) is 0 Å². The first kappa shape index (κ1) is 17.9. The van der Waals surface area contributed by atoms with E-state index in [0.717, 1.165) is 0 Å². The summed E-state index contributed by atoms with van der Waals surface area (Å²) in [5.41, 5.74) is 0.543. The third kappa shape index (κ3) is 4.44. The molecule has 1 aromatic carbocycles. The first-order valence-electron chi connectivity index (χ1n) is 7.33. The average molecular weight is 309 g/mol. The van der Waals surface area contributed by atoms with Crippen molar-refractivity contribution in [2.45, 2.75) is 45.8 Å². The Labute approximate surface area is 130 Å². The van der Waals surface area contributed by atoms with Gasteiger partial charge in [-0.25, -0.2) is 9.18 Å². The molecule has 0 aliphatic carbocycles. The fraction of sp³-hybridized carbons (Fsp3) is 0.500. The van der Waals surface area contributed by atoms with E-state index < -0.39 is 12.1 Å². The Balaban J connectivity index is 3.16.